The Kier molecular flexibility index (Phi) is 34.1. The summed E-state index contributed by atoms with van der Waals surface area (Å²) in [5, 5.41) is 8.14. The molecule has 0 unspecified atom stereocenters. The van der Waals surface area contributed by atoms with Gasteiger partial charge in [0, 0.05) is 28.3 Å². The van der Waals surface area contributed by atoms with E-state index in [1.165, 1.54) is 0 Å². The Hall–Kier alpha value is 0.771. The summed E-state index contributed by atoms with van der Waals surface area (Å²) in [5.74, 6) is 0.440. The van der Waals surface area contributed by atoms with Crippen LogP contribution in [-0.2, 0) is 21.7 Å². The molecule has 0 aromatic rings. The monoisotopic (exact) mass is 290 g/mol. The molecular formula is C10H30O4SiTi. The number of aliphatic hydroxyl groups excluding tert-OH is 1. The molecule has 16 heavy (non-hydrogen) atoms. The molecule has 0 aromatic heterocycles. The van der Waals surface area contributed by atoms with E-state index in [0.29, 0.717) is 12.5 Å². The van der Waals surface area contributed by atoms with Gasteiger partial charge in [-0.15, -0.1) is 0 Å². The Morgan fingerprint density at radius 3 is 1.12 bits per heavy atom. The first-order valence-electron chi connectivity index (χ1n) is 5.28. The molecule has 0 aliphatic heterocycles. The molecule has 102 valence electrons. The third-order valence-corrected chi connectivity index (χ3v) is 6.29. The van der Waals surface area contributed by atoms with Crippen LogP contribution in [-0.4, -0.2) is 35.8 Å². The van der Waals surface area contributed by atoms with Gasteiger partial charge in [-0.3, -0.25) is 0 Å². The van der Waals surface area contributed by atoms with Crippen LogP contribution in [0.1, 0.15) is 34.6 Å². The number of hydrogen-bond acceptors (Lipinski definition) is 2. The first kappa shape index (κ1) is 30.1. The zero-order chi connectivity index (χ0) is 10.9. The van der Waals surface area contributed by atoms with Gasteiger partial charge in [0.2, 0.25) is 0 Å². The SMILES string of the molecule is CC(C)CO.CC[Si](O)(CC)CC.O.O.[Ti]. The van der Waals surface area contributed by atoms with E-state index in [4.69, 9.17) is 5.11 Å². The first-order valence-corrected chi connectivity index (χ1v) is 7.85. The van der Waals surface area contributed by atoms with Crippen LogP contribution in [0.15, 0.2) is 0 Å². The largest absolute Gasteiger partial charge is 0.432 e. The maximum absolute atomic E-state index is 9.58. The first-order chi connectivity index (χ1) is 5.95. The van der Waals surface area contributed by atoms with E-state index in [1.54, 1.807) is 0 Å². The second-order valence-electron chi connectivity index (χ2n) is 3.86. The molecule has 0 heterocycles. The smallest absolute Gasteiger partial charge is 0.187 e. The van der Waals surface area contributed by atoms with E-state index in [2.05, 4.69) is 20.8 Å². The van der Waals surface area contributed by atoms with Crippen LogP contribution in [0.3, 0.4) is 0 Å². The molecule has 0 radical (unpaired) electrons. The molecule has 4 nitrogen and oxygen atoms in total. The Morgan fingerprint density at radius 1 is 0.938 bits per heavy atom. The van der Waals surface area contributed by atoms with E-state index in [1.807, 2.05) is 13.8 Å². The molecule has 0 aliphatic rings. The van der Waals surface area contributed by atoms with Crippen molar-refractivity contribution >= 4 is 8.32 Å². The summed E-state index contributed by atoms with van der Waals surface area (Å²) in [6.45, 7) is 10.5. The topological polar surface area (TPSA) is 103 Å². The summed E-state index contributed by atoms with van der Waals surface area (Å²) in [4.78, 5) is 9.58. The van der Waals surface area contributed by atoms with Gasteiger partial charge in [0.15, 0.2) is 8.32 Å². The van der Waals surface area contributed by atoms with Gasteiger partial charge in [-0.25, -0.2) is 0 Å². The number of aliphatic hydroxyl groups is 1. The van der Waals surface area contributed by atoms with Gasteiger partial charge in [-0.1, -0.05) is 34.6 Å². The summed E-state index contributed by atoms with van der Waals surface area (Å²) in [6.07, 6.45) is 0. The van der Waals surface area contributed by atoms with Crippen molar-refractivity contribution in [2.45, 2.75) is 52.8 Å². The van der Waals surface area contributed by atoms with Crippen LogP contribution >= 0.6 is 0 Å². The summed E-state index contributed by atoms with van der Waals surface area (Å²) in [6, 6.07) is 3.04. The molecule has 0 fully saturated rings. The second kappa shape index (κ2) is 18.1. The van der Waals surface area contributed by atoms with E-state index < -0.39 is 8.32 Å². The van der Waals surface area contributed by atoms with Crippen molar-refractivity contribution in [3.05, 3.63) is 0 Å². The minimum atomic E-state index is -1.67. The predicted octanol–water partition coefficient (Wildman–Crippen LogP) is 0.967. The van der Waals surface area contributed by atoms with Gasteiger partial charge in [0.05, 0.1) is 0 Å². The molecular weight excluding hydrogens is 260 g/mol. The quantitative estimate of drug-likeness (QED) is 0.753. The zero-order valence-corrected chi connectivity index (χ0v) is 13.9. The molecule has 0 rings (SSSR count). The van der Waals surface area contributed by atoms with Crippen molar-refractivity contribution in [1.82, 2.24) is 0 Å². The summed E-state index contributed by atoms with van der Waals surface area (Å²) in [5.41, 5.74) is 0. The predicted molar refractivity (Wildman–Crippen MR) is 68.6 cm³/mol. The Labute approximate surface area is 116 Å². The third-order valence-electron chi connectivity index (χ3n) is 2.34. The minimum absolute atomic E-state index is 0. The molecule has 0 aliphatic carbocycles. The van der Waals surface area contributed by atoms with E-state index in [-0.39, 0.29) is 32.7 Å². The van der Waals surface area contributed by atoms with Gasteiger partial charge in [-0.2, -0.15) is 0 Å². The van der Waals surface area contributed by atoms with Crippen LogP contribution in [0.5, 0.6) is 0 Å². The number of hydrogen-bond donors (Lipinski definition) is 2. The van der Waals surface area contributed by atoms with Crippen LogP contribution in [0.4, 0.5) is 0 Å². The number of rotatable bonds is 4. The molecule has 0 saturated carbocycles. The summed E-state index contributed by atoms with van der Waals surface area (Å²) < 4.78 is 0. The second-order valence-corrected chi connectivity index (χ2v) is 8.43. The minimum Gasteiger partial charge on any atom is -0.432 e. The molecule has 0 spiro atoms. The average molecular weight is 290 g/mol. The molecule has 6 N–H and O–H groups in total. The van der Waals surface area contributed by atoms with Crippen molar-refractivity contribution < 1.29 is 42.6 Å². The molecule has 0 saturated heterocycles. The van der Waals surface area contributed by atoms with E-state index in [0.717, 1.165) is 18.1 Å². The van der Waals surface area contributed by atoms with Crippen LogP contribution in [0.2, 0.25) is 18.1 Å². The van der Waals surface area contributed by atoms with Crippen molar-refractivity contribution in [3.8, 4) is 0 Å². The van der Waals surface area contributed by atoms with E-state index >= 15 is 0 Å². The Bertz CT molecular complexity index is 103. The Morgan fingerprint density at radius 2 is 1.12 bits per heavy atom. The maximum atomic E-state index is 9.58. The fraction of sp³-hybridized carbons (Fsp3) is 1.00. The van der Waals surface area contributed by atoms with Crippen LogP contribution in [0.25, 0.3) is 0 Å². The van der Waals surface area contributed by atoms with Gasteiger partial charge in [0.25, 0.3) is 0 Å². The Balaban J connectivity index is -0.0000000454. The fourth-order valence-corrected chi connectivity index (χ4v) is 2.25. The molecule has 6 heteroatoms. The van der Waals surface area contributed by atoms with Crippen molar-refractivity contribution in [1.29, 1.82) is 0 Å². The van der Waals surface area contributed by atoms with Crippen molar-refractivity contribution in [3.63, 3.8) is 0 Å². The molecule has 0 bridgehead atoms. The molecule has 0 aromatic carbocycles. The normalized spacial score (nSPS) is 9.00. The van der Waals surface area contributed by atoms with Crippen molar-refractivity contribution in [2.75, 3.05) is 6.61 Å². The summed E-state index contributed by atoms with van der Waals surface area (Å²) >= 11 is 0. The van der Waals surface area contributed by atoms with Gasteiger partial charge in [0.1, 0.15) is 0 Å². The molecule has 0 amide bonds. The van der Waals surface area contributed by atoms with Gasteiger partial charge in [-0.05, 0) is 24.1 Å². The van der Waals surface area contributed by atoms with Gasteiger partial charge >= 0.3 is 0 Å². The van der Waals surface area contributed by atoms with Crippen LogP contribution < -0.4 is 0 Å². The third kappa shape index (κ3) is 20.2. The average Bonchev–Trinajstić information content (AvgIpc) is 2.17. The van der Waals surface area contributed by atoms with Gasteiger partial charge < -0.3 is 20.9 Å². The van der Waals surface area contributed by atoms with Crippen molar-refractivity contribution in [2.24, 2.45) is 5.92 Å². The zero-order valence-electron chi connectivity index (χ0n) is 11.3. The standard InChI is InChI=1S/C6H16OSi.C4H10O.2H2O.Ti/c1-4-8(7,5-2)6-3;1-4(2)3-5;;;/h7H,4-6H2,1-3H3;4-5H,3H2,1-2H3;2*1H2;. The van der Waals surface area contributed by atoms with Crippen LogP contribution in [0, 0.1) is 5.92 Å². The summed E-state index contributed by atoms with van der Waals surface area (Å²) in [7, 11) is -1.67. The van der Waals surface area contributed by atoms with E-state index in [9.17, 15) is 4.80 Å². The molecule has 0 atom stereocenters. The maximum Gasteiger partial charge on any atom is 0.187 e. The fourth-order valence-electron chi connectivity index (χ4n) is 0.750.